The van der Waals surface area contributed by atoms with E-state index in [0.29, 0.717) is 0 Å². The normalized spacial score (nSPS) is 11.7. The number of quaternary nitrogens is 1. The Morgan fingerprint density at radius 3 is 2.44 bits per heavy atom. The second-order valence-electron chi connectivity index (χ2n) is 4.34. The summed E-state index contributed by atoms with van der Waals surface area (Å²) >= 11 is 0. The first-order valence-corrected chi connectivity index (χ1v) is 5.76. The Morgan fingerprint density at radius 1 is 1.28 bits per heavy atom. The molecule has 1 unspecified atom stereocenters. The van der Waals surface area contributed by atoms with Gasteiger partial charge in [-0.2, -0.15) is 0 Å². The number of carbonyl (C=O) groups is 2. The van der Waals surface area contributed by atoms with Crippen LogP contribution >= 0.6 is 0 Å². The first-order chi connectivity index (χ1) is 8.51. The molecule has 5 heteroatoms. The summed E-state index contributed by atoms with van der Waals surface area (Å²) in [5.74, 6) is -0.341. The molecule has 0 spiro atoms. The van der Waals surface area contributed by atoms with Crippen LogP contribution in [0.5, 0.6) is 0 Å². The Hall–Kier alpha value is -1.88. The number of methoxy groups -OCH3 is 1. The molecule has 0 heterocycles. The molecule has 0 fully saturated rings. The molecular formula is C13H19N2O3+. The smallest absolute Gasteiger partial charge is 0.413 e. The number of likely N-dealkylation sites (N-methyl/N-ethyl adjacent to an activating group) is 1. The van der Waals surface area contributed by atoms with Gasteiger partial charge in [-0.1, -0.05) is 29.8 Å². The lowest BCUT2D eigenvalue weighted by Crippen LogP contribution is -3.08. The molecule has 0 aliphatic carbocycles. The standard InChI is InChI=1S/C13H18N2O3/c1-10-4-6-11(7-5-10)8-15(2)9-12(16)14-13(17)18-3/h4-7H,8-9H2,1-3H3,(H,14,16,17)/p+1. The van der Waals surface area contributed by atoms with Gasteiger partial charge in [-0.15, -0.1) is 0 Å². The highest BCUT2D eigenvalue weighted by Gasteiger charge is 2.13. The summed E-state index contributed by atoms with van der Waals surface area (Å²) in [6, 6.07) is 8.16. The zero-order valence-corrected chi connectivity index (χ0v) is 10.9. The van der Waals surface area contributed by atoms with Gasteiger partial charge in [0.1, 0.15) is 6.54 Å². The van der Waals surface area contributed by atoms with Gasteiger partial charge in [0, 0.05) is 5.56 Å². The zero-order valence-electron chi connectivity index (χ0n) is 10.9. The quantitative estimate of drug-likeness (QED) is 0.785. The summed E-state index contributed by atoms with van der Waals surface area (Å²) in [6.45, 7) is 2.99. The third kappa shape index (κ3) is 4.97. The van der Waals surface area contributed by atoms with E-state index in [1.807, 2.05) is 38.2 Å². The van der Waals surface area contributed by atoms with Crippen LogP contribution in [0.15, 0.2) is 24.3 Å². The minimum Gasteiger partial charge on any atom is -0.453 e. The van der Waals surface area contributed by atoms with E-state index < -0.39 is 6.09 Å². The van der Waals surface area contributed by atoms with Crippen molar-refractivity contribution in [1.82, 2.24) is 5.32 Å². The second kappa shape index (κ2) is 6.76. The second-order valence-corrected chi connectivity index (χ2v) is 4.34. The Labute approximate surface area is 107 Å². The zero-order chi connectivity index (χ0) is 13.5. The lowest BCUT2D eigenvalue weighted by atomic mass is 10.1. The fourth-order valence-electron chi connectivity index (χ4n) is 1.60. The maximum absolute atomic E-state index is 11.4. The van der Waals surface area contributed by atoms with Crippen molar-refractivity contribution in [2.24, 2.45) is 0 Å². The van der Waals surface area contributed by atoms with E-state index in [-0.39, 0.29) is 12.5 Å². The van der Waals surface area contributed by atoms with Crippen LogP contribution in [0.1, 0.15) is 11.1 Å². The molecule has 5 nitrogen and oxygen atoms in total. The number of rotatable bonds is 4. The fourth-order valence-corrected chi connectivity index (χ4v) is 1.60. The summed E-state index contributed by atoms with van der Waals surface area (Å²) in [7, 11) is 3.13. The van der Waals surface area contributed by atoms with Crippen molar-refractivity contribution in [2.75, 3.05) is 20.7 Å². The number of hydrogen-bond acceptors (Lipinski definition) is 3. The van der Waals surface area contributed by atoms with Gasteiger partial charge in [0.25, 0.3) is 5.91 Å². The van der Waals surface area contributed by atoms with Crippen LogP contribution < -0.4 is 10.2 Å². The molecule has 1 aromatic carbocycles. The monoisotopic (exact) mass is 251 g/mol. The third-order valence-electron chi connectivity index (χ3n) is 2.52. The third-order valence-corrected chi connectivity index (χ3v) is 2.52. The highest BCUT2D eigenvalue weighted by Crippen LogP contribution is 2.00. The van der Waals surface area contributed by atoms with Crippen molar-refractivity contribution < 1.29 is 19.2 Å². The molecule has 1 atom stereocenters. The van der Waals surface area contributed by atoms with Crippen LogP contribution in [0.25, 0.3) is 0 Å². The Balaban J connectivity index is 2.41. The number of nitrogens with one attached hydrogen (secondary N) is 2. The van der Waals surface area contributed by atoms with E-state index in [1.165, 1.54) is 12.7 Å². The predicted molar refractivity (Wildman–Crippen MR) is 67.2 cm³/mol. The molecule has 0 aromatic heterocycles. The van der Waals surface area contributed by atoms with Crippen molar-refractivity contribution in [3.05, 3.63) is 35.4 Å². The molecule has 0 aliphatic heterocycles. The largest absolute Gasteiger partial charge is 0.453 e. The highest BCUT2D eigenvalue weighted by molar-refractivity contribution is 5.92. The van der Waals surface area contributed by atoms with Crippen molar-refractivity contribution in [1.29, 1.82) is 0 Å². The predicted octanol–water partition coefficient (Wildman–Crippen LogP) is -0.108. The van der Waals surface area contributed by atoms with E-state index in [4.69, 9.17) is 0 Å². The molecular weight excluding hydrogens is 232 g/mol. The minimum absolute atomic E-state index is 0.225. The van der Waals surface area contributed by atoms with E-state index in [9.17, 15) is 9.59 Å². The molecule has 0 saturated heterocycles. The summed E-state index contributed by atoms with van der Waals surface area (Å²) in [4.78, 5) is 23.3. The van der Waals surface area contributed by atoms with E-state index in [0.717, 1.165) is 17.0 Å². The molecule has 0 aliphatic rings. The SMILES string of the molecule is COC(=O)NC(=O)C[NH+](C)Cc1ccc(C)cc1. The topological polar surface area (TPSA) is 59.8 Å². The summed E-state index contributed by atoms with van der Waals surface area (Å²) in [5, 5.41) is 2.13. The van der Waals surface area contributed by atoms with Crippen LogP contribution in [-0.4, -0.2) is 32.7 Å². The van der Waals surface area contributed by atoms with Gasteiger partial charge in [0.2, 0.25) is 0 Å². The molecule has 0 saturated carbocycles. The Bertz CT molecular complexity index is 415. The average molecular weight is 251 g/mol. The van der Waals surface area contributed by atoms with Crippen molar-refractivity contribution >= 4 is 12.0 Å². The van der Waals surface area contributed by atoms with Crippen molar-refractivity contribution in [3.8, 4) is 0 Å². The maximum atomic E-state index is 11.4. The molecule has 98 valence electrons. The van der Waals surface area contributed by atoms with Gasteiger partial charge in [-0.25, -0.2) is 4.79 Å². The van der Waals surface area contributed by atoms with Gasteiger partial charge in [0.05, 0.1) is 14.2 Å². The number of alkyl carbamates (subject to hydrolysis) is 1. The molecule has 2 amide bonds. The number of imide groups is 1. The first-order valence-electron chi connectivity index (χ1n) is 5.76. The molecule has 1 aromatic rings. The fraction of sp³-hybridized carbons (Fsp3) is 0.385. The molecule has 0 radical (unpaired) electrons. The first kappa shape index (κ1) is 14.2. The number of ether oxygens (including phenoxy) is 1. The van der Waals surface area contributed by atoms with Crippen molar-refractivity contribution in [2.45, 2.75) is 13.5 Å². The lowest BCUT2D eigenvalue weighted by molar-refractivity contribution is -0.885. The number of carbonyl (C=O) groups excluding carboxylic acids is 2. The van der Waals surface area contributed by atoms with Gasteiger partial charge < -0.3 is 9.64 Å². The van der Waals surface area contributed by atoms with Gasteiger partial charge >= 0.3 is 6.09 Å². The van der Waals surface area contributed by atoms with Gasteiger partial charge in [0.15, 0.2) is 6.54 Å². The average Bonchev–Trinajstić information content (AvgIpc) is 2.31. The van der Waals surface area contributed by atoms with E-state index in [1.54, 1.807) is 0 Å². The summed E-state index contributed by atoms with van der Waals surface area (Å²) < 4.78 is 4.35. The van der Waals surface area contributed by atoms with Crippen LogP contribution in [0.3, 0.4) is 0 Å². The number of aryl methyl sites for hydroxylation is 1. The maximum Gasteiger partial charge on any atom is 0.413 e. The Kier molecular flexibility index (Phi) is 5.32. The van der Waals surface area contributed by atoms with Gasteiger partial charge in [-0.05, 0) is 6.92 Å². The minimum atomic E-state index is -0.719. The number of hydrogen-bond donors (Lipinski definition) is 2. The highest BCUT2D eigenvalue weighted by atomic mass is 16.5. The summed E-state index contributed by atoms with van der Waals surface area (Å²) in [5.41, 5.74) is 2.36. The summed E-state index contributed by atoms with van der Waals surface area (Å²) in [6.07, 6.45) is -0.719. The van der Waals surface area contributed by atoms with Crippen LogP contribution in [-0.2, 0) is 16.1 Å². The van der Waals surface area contributed by atoms with Gasteiger partial charge in [-0.3, -0.25) is 10.1 Å². The number of benzene rings is 1. The van der Waals surface area contributed by atoms with Crippen LogP contribution in [0, 0.1) is 6.92 Å². The Morgan fingerprint density at radius 2 is 1.89 bits per heavy atom. The molecule has 18 heavy (non-hydrogen) atoms. The molecule has 1 rings (SSSR count). The molecule has 0 bridgehead atoms. The number of amides is 2. The van der Waals surface area contributed by atoms with Crippen LogP contribution in [0.4, 0.5) is 4.79 Å². The van der Waals surface area contributed by atoms with E-state index in [2.05, 4.69) is 10.1 Å². The molecule has 2 N–H and O–H groups in total. The van der Waals surface area contributed by atoms with E-state index >= 15 is 0 Å². The van der Waals surface area contributed by atoms with Crippen LogP contribution in [0.2, 0.25) is 0 Å². The lowest BCUT2D eigenvalue weighted by Gasteiger charge is -2.13. The van der Waals surface area contributed by atoms with Crippen molar-refractivity contribution in [3.63, 3.8) is 0 Å².